The number of nitrogens with one attached hydrogen (secondary N) is 1. The molecule has 1 amide bonds. The zero-order valence-electron chi connectivity index (χ0n) is 11.2. The molecule has 0 aliphatic heterocycles. The van der Waals surface area contributed by atoms with Gasteiger partial charge in [-0.2, -0.15) is 0 Å². The predicted molar refractivity (Wildman–Crippen MR) is 80.5 cm³/mol. The van der Waals surface area contributed by atoms with Gasteiger partial charge < -0.3 is 9.72 Å². The number of imidazole rings is 1. The van der Waals surface area contributed by atoms with Crippen LogP contribution < -0.4 is 5.32 Å². The molecule has 0 fully saturated rings. The average Bonchev–Trinajstić information content (AvgIpc) is 2.89. The molecule has 3 aromatic heterocycles. The fourth-order valence-electron chi connectivity index (χ4n) is 2.06. The number of amides is 1. The molecule has 5 nitrogen and oxygen atoms in total. The normalized spacial score (nSPS) is 10.7. The van der Waals surface area contributed by atoms with E-state index in [1.54, 1.807) is 12.1 Å². The standard InChI is InChI=1S/C15H13ClN4O/c16-13-9-11(4-6-17-13)15(21)18-7-5-12-10-20-8-2-1-3-14(20)19-12/h1-4,6,8-10H,5,7H2,(H,18,21). The maximum Gasteiger partial charge on any atom is 0.251 e. The lowest BCUT2D eigenvalue weighted by molar-refractivity contribution is 0.0954. The van der Waals surface area contributed by atoms with Gasteiger partial charge in [0.1, 0.15) is 10.8 Å². The minimum atomic E-state index is -0.164. The summed E-state index contributed by atoms with van der Waals surface area (Å²) in [5, 5.41) is 3.15. The summed E-state index contributed by atoms with van der Waals surface area (Å²) in [6.07, 6.45) is 6.10. The molecule has 0 unspecified atom stereocenters. The summed E-state index contributed by atoms with van der Waals surface area (Å²) >= 11 is 5.76. The summed E-state index contributed by atoms with van der Waals surface area (Å²) in [6, 6.07) is 9.02. The molecule has 0 saturated carbocycles. The van der Waals surface area contributed by atoms with Crippen molar-refractivity contribution in [3.8, 4) is 0 Å². The molecular weight excluding hydrogens is 288 g/mol. The Labute approximate surface area is 126 Å². The summed E-state index contributed by atoms with van der Waals surface area (Å²) in [6.45, 7) is 0.517. The number of carbonyl (C=O) groups excluding carboxylic acids is 1. The molecule has 0 radical (unpaired) electrons. The van der Waals surface area contributed by atoms with Crippen LogP contribution in [0.1, 0.15) is 16.1 Å². The lowest BCUT2D eigenvalue weighted by Crippen LogP contribution is -2.25. The highest BCUT2D eigenvalue weighted by Crippen LogP contribution is 2.07. The van der Waals surface area contributed by atoms with Crippen molar-refractivity contribution in [3.05, 3.63) is 65.3 Å². The SMILES string of the molecule is O=C(NCCc1cn2ccccc2n1)c1ccnc(Cl)c1. The lowest BCUT2D eigenvalue weighted by atomic mass is 10.2. The van der Waals surface area contributed by atoms with Crippen molar-refractivity contribution in [2.75, 3.05) is 6.54 Å². The van der Waals surface area contributed by atoms with Gasteiger partial charge in [0.05, 0.1) is 5.69 Å². The van der Waals surface area contributed by atoms with Gasteiger partial charge in [0.2, 0.25) is 0 Å². The smallest absolute Gasteiger partial charge is 0.251 e. The van der Waals surface area contributed by atoms with E-state index in [2.05, 4.69) is 15.3 Å². The Hall–Kier alpha value is -2.40. The van der Waals surface area contributed by atoms with Crippen LogP contribution in [-0.4, -0.2) is 26.8 Å². The van der Waals surface area contributed by atoms with Gasteiger partial charge in [-0.1, -0.05) is 17.7 Å². The first-order valence-electron chi connectivity index (χ1n) is 6.55. The molecule has 3 rings (SSSR count). The second-order valence-electron chi connectivity index (χ2n) is 4.57. The maximum absolute atomic E-state index is 11.9. The predicted octanol–water partition coefficient (Wildman–Crippen LogP) is 2.36. The van der Waals surface area contributed by atoms with E-state index in [0.717, 1.165) is 11.3 Å². The van der Waals surface area contributed by atoms with Crippen LogP contribution in [0.25, 0.3) is 5.65 Å². The van der Waals surface area contributed by atoms with Crippen LogP contribution in [0.4, 0.5) is 0 Å². The quantitative estimate of drug-likeness (QED) is 0.753. The Morgan fingerprint density at radius 3 is 3.05 bits per heavy atom. The van der Waals surface area contributed by atoms with Gasteiger partial charge in [-0.15, -0.1) is 0 Å². The van der Waals surface area contributed by atoms with Gasteiger partial charge in [0.25, 0.3) is 5.91 Å². The number of rotatable bonds is 4. The molecule has 106 valence electrons. The second-order valence-corrected chi connectivity index (χ2v) is 4.96. The third kappa shape index (κ3) is 3.20. The third-order valence-electron chi connectivity index (χ3n) is 3.07. The zero-order chi connectivity index (χ0) is 14.7. The molecule has 3 aromatic rings. The summed E-state index contributed by atoms with van der Waals surface area (Å²) in [5.74, 6) is -0.164. The summed E-state index contributed by atoms with van der Waals surface area (Å²) < 4.78 is 1.96. The summed E-state index contributed by atoms with van der Waals surface area (Å²) in [7, 11) is 0. The number of pyridine rings is 2. The maximum atomic E-state index is 11.9. The number of nitrogens with zero attached hydrogens (tertiary/aromatic N) is 3. The van der Waals surface area contributed by atoms with E-state index in [0.29, 0.717) is 23.7 Å². The average molecular weight is 301 g/mol. The highest BCUT2D eigenvalue weighted by Gasteiger charge is 2.06. The van der Waals surface area contributed by atoms with Crippen LogP contribution in [0.3, 0.4) is 0 Å². The van der Waals surface area contributed by atoms with Gasteiger partial charge in [-0.05, 0) is 24.3 Å². The first-order valence-corrected chi connectivity index (χ1v) is 6.92. The van der Waals surface area contributed by atoms with E-state index >= 15 is 0 Å². The molecular formula is C15H13ClN4O. The number of hydrogen-bond donors (Lipinski definition) is 1. The molecule has 0 aromatic carbocycles. The molecule has 0 atom stereocenters. The van der Waals surface area contributed by atoms with Crippen molar-refractivity contribution >= 4 is 23.2 Å². The van der Waals surface area contributed by atoms with Crippen LogP contribution in [0, 0.1) is 0 Å². The van der Waals surface area contributed by atoms with Crippen molar-refractivity contribution in [2.24, 2.45) is 0 Å². The first kappa shape index (κ1) is 13.6. The fourth-order valence-corrected chi connectivity index (χ4v) is 2.23. The van der Waals surface area contributed by atoms with E-state index < -0.39 is 0 Å². The van der Waals surface area contributed by atoms with Gasteiger partial charge in [-0.25, -0.2) is 9.97 Å². The Kier molecular flexibility index (Phi) is 3.83. The van der Waals surface area contributed by atoms with Crippen molar-refractivity contribution in [1.82, 2.24) is 19.7 Å². The molecule has 0 aliphatic rings. The molecule has 3 heterocycles. The number of halogens is 1. The van der Waals surface area contributed by atoms with Gasteiger partial charge in [0, 0.05) is 37.1 Å². The van der Waals surface area contributed by atoms with Gasteiger partial charge in [-0.3, -0.25) is 4.79 Å². The van der Waals surface area contributed by atoms with Crippen molar-refractivity contribution in [3.63, 3.8) is 0 Å². The number of aromatic nitrogens is 3. The lowest BCUT2D eigenvalue weighted by Gasteiger charge is -2.03. The molecule has 0 spiro atoms. The van der Waals surface area contributed by atoms with Gasteiger partial charge >= 0.3 is 0 Å². The minimum Gasteiger partial charge on any atom is -0.352 e. The largest absolute Gasteiger partial charge is 0.352 e. The zero-order valence-corrected chi connectivity index (χ0v) is 11.9. The minimum absolute atomic E-state index is 0.164. The van der Waals surface area contributed by atoms with E-state index in [4.69, 9.17) is 11.6 Å². The third-order valence-corrected chi connectivity index (χ3v) is 3.28. The Morgan fingerprint density at radius 1 is 1.33 bits per heavy atom. The summed E-state index contributed by atoms with van der Waals surface area (Å²) in [5.41, 5.74) is 2.35. The summed E-state index contributed by atoms with van der Waals surface area (Å²) in [4.78, 5) is 20.3. The number of hydrogen-bond acceptors (Lipinski definition) is 3. The van der Waals surface area contributed by atoms with Crippen molar-refractivity contribution in [1.29, 1.82) is 0 Å². The monoisotopic (exact) mass is 300 g/mol. The Morgan fingerprint density at radius 2 is 2.24 bits per heavy atom. The fraction of sp³-hybridized carbons (Fsp3) is 0.133. The highest BCUT2D eigenvalue weighted by molar-refractivity contribution is 6.29. The van der Waals surface area contributed by atoms with Crippen molar-refractivity contribution < 1.29 is 4.79 Å². The van der Waals surface area contributed by atoms with E-state index in [9.17, 15) is 4.79 Å². The highest BCUT2D eigenvalue weighted by atomic mass is 35.5. The second kappa shape index (κ2) is 5.93. The van der Waals surface area contributed by atoms with E-state index in [1.807, 2.05) is 35.0 Å². The van der Waals surface area contributed by atoms with E-state index in [1.165, 1.54) is 6.20 Å². The molecule has 21 heavy (non-hydrogen) atoms. The number of carbonyl (C=O) groups is 1. The van der Waals surface area contributed by atoms with Crippen LogP contribution >= 0.6 is 11.6 Å². The molecule has 1 N–H and O–H groups in total. The Bertz CT molecular complexity index is 751. The molecule has 0 saturated heterocycles. The van der Waals surface area contributed by atoms with Gasteiger partial charge in [0.15, 0.2) is 0 Å². The van der Waals surface area contributed by atoms with Crippen molar-refractivity contribution in [2.45, 2.75) is 6.42 Å². The van der Waals surface area contributed by atoms with Crippen LogP contribution in [0.5, 0.6) is 0 Å². The number of fused-ring (bicyclic) bond motifs is 1. The topological polar surface area (TPSA) is 59.3 Å². The molecule has 0 bridgehead atoms. The Balaban J connectivity index is 1.59. The molecule has 0 aliphatic carbocycles. The molecule has 6 heteroatoms. The van der Waals surface area contributed by atoms with E-state index in [-0.39, 0.29) is 5.91 Å². The van der Waals surface area contributed by atoms with Crippen LogP contribution in [0.15, 0.2) is 48.9 Å². The van der Waals surface area contributed by atoms with Crippen LogP contribution in [-0.2, 0) is 6.42 Å². The first-order chi connectivity index (χ1) is 10.2. The van der Waals surface area contributed by atoms with Crippen LogP contribution in [0.2, 0.25) is 5.15 Å².